The van der Waals surface area contributed by atoms with Crippen LogP contribution in [-0.4, -0.2) is 84.0 Å². The van der Waals surface area contributed by atoms with Crippen molar-refractivity contribution in [3.8, 4) is 5.75 Å². The highest BCUT2D eigenvalue weighted by atomic mass is 32.1. The fraction of sp³-hybridized carbons (Fsp3) is 0.364. The minimum absolute atomic E-state index is 0.0194. The van der Waals surface area contributed by atoms with Crippen molar-refractivity contribution in [3.63, 3.8) is 0 Å². The molecule has 3 aromatic carbocycles. The van der Waals surface area contributed by atoms with Crippen molar-refractivity contribution < 1.29 is 14.3 Å². The van der Waals surface area contributed by atoms with Crippen LogP contribution in [0, 0.1) is 6.92 Å². The molecule has 0 radical (unpaired) electrons. The van der Waals surface area contributed by atoms with Crippen LogP contribution >= 0.6 is 12.2 Å². The Morgan fingerprint density at radius 3 is 2.24 bits per heavy atom. The van der Waals surface area contributed by atoms with Crippen LogP contribution in [-0.2, 0) is 16.1 Å². The molecule has 5 rings (SSSR count). The highest BCUT2D eigenvalue weighted by Crippen LogP contribution is 2.28. The molecular weight excluding hydrogens is 546 g/mol. The fourth-order valence-electron chi connectivity index (χ4n) is 5.56. The van der Waals surface area contributed by atoms with E-state index in [1.165, 1.54) is 5.56 Å². The maximum absolute atomic E-state index is 13.7. The zero-order valence-corrected chi connectivity index (χ0v) is 25.2. The SMILES string of the molecule is COc1ccc(NC(=O)CC2C(=O)N(c3ccc(C)cc3)C(=S)N2CCCN2CCN(Cc3ccccc3)CC2)cc1. The average Bonchev–Trinajstić information content (AvgIpc) is 3.23. The molecule has 9 heteroatoms. The second kappa shape index (κ2) is 13.9. The van der Waals surface area contributed by atoms with Gasteiger partial charge in [-0.2, -0.15) is 0 Å². The Kier molecular flexibility index (Phi) is 9.84. The van der Waals surface area contributed by atoms with Crippen molar-refractivity contribution in [1.29, 1.82) is 0 Å². The summed E-state index contributed by atoms with van der Waals surface area (Å²) in [6.07, 6.45) is 0.871. The van der Waals surface area contributed by atoms with Gasteiger partial charge in [-0.3, -0.25) is 19.4 Å². The molecule has 1 unspecified atom stereocenters. The lowest BCUT2D eigenvalue weighted by atomic mass is 10.1. The lowest BCUT2D eigenvalue weighted by Crippen LogP contribution is -2.47. The molecule has 42 heavy (non-hydrogen) atoms. The number of hydrogen-bond donors (Lipinski definition) is 1. The summed E-state index contributed by atoms with van der Waals surface area (Å²) in [7, 11) is 1.60. The number of nitrogens with zero attached hydrogens (tertiary/aromatic N) is 4. The molecule has 2 amide bonds. The third-order valence-corrected chi connectivity index (χ3v) is 8.37. The summed E-state index contributed by atoms with van der Waals surface area (Å²) < 4.78 is 5.20. The van der Waals surface area contributed by atoms with Crippen LogP contribution in [0.25, 0.3) is 0 Å². The number of thiocarbonyl (C=S) groups is 1. The fourth-order valence-corrected chi connectivity index (χ4v) is 5.97. The molecule has 2 fully saturated rings. The van der Waals surface area contributed by atoms with E-state index in [-0.39, 0.29) is 18.2 Å². The second-order valence-corrected chi connectivity index (χ2v) is 11.3. The number of piperazine rings is 1. The van der Waals surface area contributed by atoms with Gasteiger partial charge in [0.25, 0.3) is 5.91 Å². The summed E-state index contributed by atoms with van der Waals surface area (Å²) in [6, 6.07) is 24.9. The highest BCUT2D eigenvalue weighted by Gasteiger charge is 2.43. The number of amides is 2. The number of aryl methyl sites for hydroxylation is 1. The van der Waals surface area contributed by atoms with E-state index < -0.39 is 6.04 Å². The van der Waals surface area contributed by atoms with Gasteiger partial charge >= 0.3 is 0 Å². The molecule has 0 spiro atoms. The Hall–Kier alpha value is -3.79. The van der Waals surface area contributed by atoms with Crippen LogP contribution in [0.1, 0.15) is 24.0 Å². The topological polar surface area (TPSA) is 68.4 Å². The lowest BCUT2D eigenvalue weighted by Gasteiger charge is -2.35. The maximum Gasteiger partial charge on any atom is 0.256 e. The first-order valence-corrected chi connectivity index (χ1v) is 15.0. The Bertz CT molecular complexity index is 1360. The van der Waals surface area contributed by atoms with Crippen LogP contribution in [0.4, 0.5) is 11.4 Å². The van der Waals surface area contributed by atoms with Gasteiger partial charge in [0.1, 0.15) is 11.8 Å². The Labute approximate surface area is 253 Å². The van der Waals surface area contributed by atoms with E-state index in [0.29, 0.717) is 23.1 Å². The summed E-state index contributed by atoms with van der Waals surface area (Å²) in [4.78, 5) is 35.3. The lowest BCUT2D eigenvalue weighted by molar-refractivity contribution is -0.124. The largest absolute Gasteiger partial charge is 0.497 e. The van der Waals surface area contributed by atoms with Crippen molar-refractivity contribution in [1.82, 2.24) is 14.7 Å². The van der Waals surface area contributed by atoms with Gasteiger partial charge in [0.05, 0.1) is 19.2 Å². The molecule has 2 saturated heterocycles. The monoisotopic (exact) mass is 585 g/mol. The predicted octanol–water partition coefficient (Wildman–Crippen LogP) is 4.54. The smallest absolute Gasteiger partial charge is 0.256 e. The molecule has 2 heterocycles. The number of carbonyl (C=O) groups is 2. The minimum atomic E-state index is -0.653. The van der Waals surface area contributed by atoms with Crippen molar-refractivity contribution in [3.05, 3.63) is 90.0 Å². The quantitative estimate of drug-likeness (QED) is 0.332. The summed E-state index contributed by atoms with van der Waals surface area (Å²) in [5, 5.41) is 3.38. The van der Waals surface area contributed by atoms with Crippen LogP contribution in [0.15, 0.2) is 78.9 Å². The summed E-state index contributed by atoms with van der Waals surface area (Å²) >= 11 is 5.85. The van der Waals surface area contributed by atoms with E-state index in [1.54, 1.807) is 36.3 Å². The van der Waals surface area contributed by atoms with Gasteiger partial charge in [-0.15, -0.1) is 0 Å². The summed E-state index contributed by atoms with van der Waals surface area (Å²) in [5.74, 6) is 0.316. The molecule has 3 aromatic rings. The van der Waals surface area contributed by atoms with E-state index in [1.807, 2.05) is 36.1 Å². The van der Waals surface area contributed by atoms with E-state index in [0.717, 1.165) is 56.9 Å². The number of rotatable bonds is 11. The second-order valence-electron chi connectivity index (χ2n) is 10.9. The van der Waals surface area contributed by atoms with E-state index in [2.05, 4.69) is 45.4 Å². The van der Waals surface area contributed by atoms with Crippen molar-refractivity contribution >= 4 is 40.5 Å². The Morgan fingerprint density at radius 2 is 1.57 bits per heavy atom. The molecule has 0 aromatic heterocycles. The normalized spacial score (nSPS) is 18.0. The minimum Gasteiger partial charge on any atom is -0.497 e. The molecule has 2 aliphatic rings. The number of methoxy groups -OCH3 is 1. The Balaban J connectivity index is 1.20. The Morgan fingerprint density at radius 1 is 0.905 bits per heavy atom. The van der Waals surface area contributed by atoms with Gasteiger partial charge in [0.2, 0.25) is 5.91 Å². The first-order chi connectivity index (χ1) is 20.4. The van der Waals surface area contributed by atoms with E-state index >= 15 is 0 Å². The molecule has 1 N–H and O–H groups in total. The van der Waals surface area contributed by atoms with Gasteiger partial charge in [-0.1, -0.05) is 48.0 Å². The van der Waals surface area contributed by atoms with Crippen LogP contribution in [0.5, 0.6) is 5.75 Å². The van der Waals surface area contributed by atoms with Crippen LogP contribution in [0.2, 0.25) is 0 Å². The molecule has 8 nitrogen and oxygen atoms in total. The molecule has 1 atom stereocenters. The summed E-state index contributed by atoms with van der Waals surface area (Å²) in [6.45, 7) is 8.61. The zero-order chi connectivity index (χ0) is 29.5. The average molecular weight is 586 g/mol. The van der Waals surface area contributed by atoms with Gasteiger partial charge in [-0.05, 0) is 74.1 Å². The maximum atomic E-state index is 13.7. The number of nitrogens with one attached hydrogen (secondary N) is 1. The molecular formula is C33H39N5O3S. The standard InChI is InChI=1S/C33H39N5O3S/c1-25-9-13-28(14-10-25)38-32(40)30(23-31(39)34-27-11-15-29(41-2)16-12-27)37(33(38)42)18-6-17-35-19-21-36(22-20-35)24-26-7-4-3-5-8-26/h3-5,7-16,30H,6,17-24H2,1-2H3,(H,34,39). The van der Waals surface area contributed by atoms with Crippen LogP contribution < -0.4 is 15.0 Å². The first kappa shape index (κ1) is 29.7. The predicted molar refractivity (Wildman–Crippen MR) is 171 cm³/mol. The molecule has 0 bridgehead atoms. The number of carbonyl (C=O) groups excluding carboxylic acids is 2. The molecule has 0 saturated carbocycles. The molecule has 2 aliphatic heterocycles. The van der Waals surface area contributed by atoms with Gasteiger partial charge in [0, 0.05) is 45.0 Å². The number of hydrogen-bond acceptors (Lipinski definition) is 6. The highest BCUT2D eigenvalue weighted by molar-refractivity contribution is 7.80. The van der Waals surface area contributed by atoms with Gasteiger partial charge < -0.3 is 19.9 Å². The van der Waals surface area contributed by atoms with Crippen molar-refractivity contribution in [2.45, 2.75) is 32.4 Å². The third-order valence-electron chi connectivity index (χ3n) is 7.95. The van der Waals surface area contributed by atoms with E-state index in [9.17, 15) is 9.59 Å². The van der Waals surface area contributed by atoms with Gasteiger partial charge in [0.15, 0.2) is 5.11 Å². The molecule has 0 aliphatic carbocycles. The van der Waals surface area contributed by atoms with E-state index in [4.69, 9.17) is 17.0 Å². The summed E-state index contributed by atoms with van der Waals surface area (Å²) in [5.41, 5.74) is 3.83. The first-order valence-electron chi connectivity index (χ1n) is 14.5. The number of benzene rings is 3. The number of anilines is 2. The van der Waals surface area contributed by atoms with Gasteiger partial charge in [-0.25, -0.2) is 0 Å². The number of ether oxygens (including phenoxy) is 1. The third kappa shape index (κ3) is 7.34. The van der Waals surface area contributed by atoms with Crippen molar-refractivity contribution in [2.75, 3.05) is 56.6 Å². The van der Waals surface area contributed by atoms with Crippen molar-refractivity contribution in [2.24, 2.45) is 0 Å². The molecule has 220 valence electrons. The van der Waals surface area contributed by atoms with Crippen LogP contribution in [0.3, 0.4) is 0 Å². The zero-order valence-electron chi connectivity index (χ0n) is 24.4.